The third-order valence-electron chi connectivity index (χ3n) is 4.95. The summed E-state index contributed by atoms with van der Waals surface area (Å²) in [6.07, 6.45) is 2.76. The van der Waals surface area contributed by atoms with Crippen LogP contribution in [0.5, 0.6) is 5.75 Å². The first-order chi connectivity index (χ1) is 13.3. The highest BCUT2D eigenvalue weighted by atomic mass is 32.2. The van der Waals surface area contributed by atoms with E-state index in [4.69, 9.17) is 9.72 Å². The van der Waals surface area contributed by atoms with Gasteiger partial charge in [0.2, 0.25) is 10.0 Å². The van der Waals surface area contributed by atoms with Gasteiger partial charge in [-0.25, -0.2) is 13.4 Å². The molecule has 0 radical (unpaired) electrons. The van der Waals surface area contributed by atoms with E-state index in [1.165, 1.54) is 16.1 Å². The van der Waals surface area contributed by atoms with Gasteiger partial charge in [-0.3, -0.25) is 4.31 Å². The smallest absolute Gasteiger partial charge is 0.232 e. The van der Waals surface area contributed by atoms with Crippen LogP contribution in [0.15, 0.2) is 47.8 Å². The number of rotatable bonds is 5. The van der Waals surface area contributed by atoms with E-state index in [0.29, 0.717) is 0 Å². The maximum atomic E-state index is 12.1. The van der Waals surface area contributed by atoms with Crippen molar-refractivity contribution in [3.8, 4) is 17.0 Å². The summed E-state index contributed by atoms with van der Waals surface area (Å²) in [7, 11) is -1.61. The number of hydrogen-bond acceptors (Lipinski definition) is 5. The van der Waals surface area contributed by atoms with Crippen molar-refractivity contribution >= 4 is 27.0 Å². The van der Waals surface area contributed by atoms with Gasteiger partial charge in [-0.05, 0) is 48.7 Å². The summed E-state index contributed by atoms with van der Waals surface area (Å²) >= 11 is 1.64. The number of fused-ring (bicyclic) bond motifs is 1. The normalized spacial score (nSPS) is 16.2. The molecule has 0 fully saturated rings. The third-order valence-corrected chi connectivity index (χ3v) is 7.07. The minimum absolute atomic E-state index is 0.0543. The number of nitrogens with zero attached hydrogens (tertiary/aromatic N) is 2. The van der Waals surface area contributed by atoms with E-state index in [1.54, 1.807) is 18.4 Å². The molecule has 0 aliphatic carbocycles. The van der Waals surface area contributed by atoms with Crippen LogP contribution in [0.3, 0.4) is 0 Å². The molecule has 1 atom stereocenters. The molecule has 0 bridgehead atoms. The molecular weight excluding hydrogens is 392 g/mol. The van der Waals surface area contributed by atoms with Crippen molar-refractivity contribution < 1.29 is 13.2 Å². The summed E-state index contributed by atoms with van der Waals surface area (Å²) < 4.78 is 30.9. The molecule has 0 N–H and O–H groups in total. The first-order valence-corrected chi connectivity index (χ1v) is 11.8. The van der Waals surface area contributed by atoms with Crippen molar-refractivity contribution in [3.05, 3.63) is 64.0 Å². The second-order valence-electron chi connectivity index (χ2n) is 7.11. The first-order valence-electron chi connectivity index (χ1n) is 9.05. The van der Waals surface area contributed by atoms with Gasteiger partial charge >= 0.3 is 0 Å². The van der Waals surface area contributed by atoms with Gasteiger partial charge in [0.15, 0.2) is 0 Å². The fraction of sp³-hybridized carbons (Fsp3) is 0.286. The number of hydrogen-bond donors (Lipinski definition) is 0. The average Bonchev–Trinajstić information content (AvgIpc) is 3.24. The predicted molar refractivity (Wildman–Crippen MR) is 114 cm³/mol. The topological polar surface area (TPSA) is 59.5 Å². The fourth-order valence-electron chi connectivity index (χ4n) is 3.71. The van der Waals surface area contributed by atoms with E-state index >= 15 is 0 Å². The second-order valence-corrected chi connectivity index (χ2v) is 9.91. The van der Waals surface area contributed by atoms with Gasteiger partial charge in [0.05, 0.1) is 29.8 Å². The molecule has 4 rings (SSSR count). The molecule has 2 heterocycles. The van der Waals surface area contributed by atoms with Crippen LogP contribution >= 0.6 is 11.3 Å². The molecule has 28 heavy (non-hydrogen) atoms. The van der Waals surface area contributed by atoms with E-state index in [2.05, 4.69) is 23.6 Å². The standard InChI is InChI=1S/C21H22N2O3S2/c1-14-10-17-12-16(6-9-20(17)23(14)28(3,24)25)19-13-27-21(22-19)11-15-4-7-18(26-2)8-5-15/h4-9,12-14H,10-11H2,1-3H3. The zero-order chi connectivity index (χ0) is 19.9. The SMILES string of the molecule is COc1ccc(Cc2nc(-c3ccc4c(c3)CC(C)N4S(C)(=O)=O)cs2)cc1. The maximum Gasteiger partial charge on any atom is 0.232 e. The zero-order valence-electron chi connectivity index (χ0n) is 16.0. The minimum Gasteiger partial charge on any atom is -0.497 e. The van der Waals surface area contributed by atoms with Crippen molar-refractivity contribution in [1.82, 2.24) is 4.98 Å². The maximum absolute atomic E-state index is 12.1. The lowest BCUT2D eigenvalue weighted by Crippen LogP contribution is -2.34. The van der Waals surface area contributed by atoms with Crippen LogP contribution in [-0.4, -0.2) is 32.8 Å². The zero-order valence-corrected chi connectivity index (χ0v) is 17.7. The molecule has 5 nitrogen and oxygen atoms in total. The summed E-state index contributed by atoms with van der Waals surface area (Å²) in [5.41, 5.74) is 4.99. The number of aromatic nitrogens is 1. The highest BCUT2D eigenvalue weighted by Crippen LogP contribution is 2.37. The van der Waals surface area contributed by atoms with Gasteiger partial charge in [0, 0.05) is 23.4 Å². The van der Waals surface area contributed by atoms with Crippen LogP contribution in [0.1, 0.15) is 23.1 Å². The quantitative estimate of drug-likeness (QED) is 0.630. The Hall–Kier alpha value is -2.38. The lowest BCUT2D eigenvalue weighted by Gasteiger charge is -2.21. The Morgan fingerprint density at radius 1 is 1.21 bits per heavy atom. The van der Waals surface area contributed by atoms with E-state index in [0.717, 1.165) is 46.1 Å². The van der Waals surface area contributed by atoms with E-state index in [1.807, 2.05) is 31.2 Å². The molecule has 1 aliphatic heterocycles. The molecule has 7 heteroatoms. The minimum atomic E-state index is -3.27. The van der Waals surface area contributed by atoms with Crippen LogP contribution in [0.4, 0.5) is 5.69 Å². The van der Waals surface area contributed by atoms with Crippen molar-refractivity contribution in [2.45, 2.75) is 25.8 Å². The lowest BCUT2D eigenvalue weighted by atomic mass is 10.1. The molecule has 1 unspecified atom stereocenters. The van der Waals surface area contributed by atoms with Crippen LogP contribution in [0.25, 0.3) is 11.3 Å². The lowest BCUT2D eigenvalue weighted by molar-refractivity contribution is 0.414. The van der Waals surface area contributed by atoms with Crippen LogP contribution in [-0.2, 0) is 22.9 Å². The molecule has 0 amide bonds. The Labute approximate surface area is 169 Å². The van der Waals surface area contributed by atoms with Crippen LogP contribution in [0, 0.1) is 0 Å². The second kappa shape index (κ2) is 7.22. The molecule has 0 saturated heterocycles. The van der Waals surface area contributed by atoms with Crippen molar-refractivity contribution in [2.24, 2.45) is 0 Å². The van der Waals surface area contributed by atoms with Gasteiger partial charge in [-0.1, -0.05) is 18.2 Å². The molecule has 146 valence electrons. The van der Waals surface area contributed by atoms with Gasteiger partial charge in [0.25, 0.3) is 0 Å². The van der Waals surface area contributed by atoms with Gasteiger partial charge in [-0.15, -0.1) is 11.3 Å². The highest BCUT2D eigenvalue weighted by Gasteiger charge is 2.32. The number of sulfonamides is 1. The van der Waals surface area contributed by atoms with E-state index in [9.17, 15) is 8.42 Å². The monoisotopic (exact) mass is 414 g/mol. The Morgan fingerprint density at radius 3 is 2.64 bits per heavy atom. The molecule has 0 spiro atoms. The Balaban J connectivity index is 1.57. The average molecular weight is 415 g/mol. The largest absolute Gasteiger partial charge is 0.497 e. The molecule has 2 aromatic carbocycles. The number of benzene rings is 2. The molecule has 1 aliphatic rings. The van der Waals surface area contributed by atoms with E-state index in [-0.39, 0.29) is 6.04 Å². The Kier molecular flexibility index (Phi) is 4.89. The van der Waals surface area contributed by atoms with Crippen molar-refractivity contribution in [1.29, 1.82) is 0 Å². The number of thiazole rings is 1. The number of methoxy groups -OCH3 is 1. The molecular formula is C21H22N2O3S2. The van der Waals surface area contributed by atoms with Crippen LogP contribution in [0.2, 0.25) is 0 Å². The van der Waals surface area contributed by atoms with Gasteiger partial charge in [-0.2, -0.15) is 0 Å². The summed E-state index contributed by atoms with van der Waals surface area (Å²) in [6, 6.07) is 13.9. The predicted octanol–water partition coefficient (Wildman–Crippen LogP) is 4.12. The van der Waals surface area contributed by atoms with Gasteiger partial charge in [0.1, 0.15) is 5.75 Å². The van der Waals surface area contributed by atoms with Crippen molar-refractivity contribution in [3.63, 3.8) is 0 Å². The summed E-state index contributed by atoms with van der Waals surface area (Å²) in [4.78, 5) is 4.79. The fourth-order valence-corrected chi connectivity index (χ4v) is 5.81. The summed E-state index contributed by atoms with van der Waals surface area (Å²) in [6.45, 7) is 1.94. The molecule has 1 aromatic heterocycles. The van der Waals surface area contributed by atoms with Crippen molar-refractivity contribution in [2.75, 3.05) is 17.7 Å². The summed E-state index contributed by atoms with van der Waals surface area (Å²) in [5.74, 6) is 0.846. The first kappa shape index (κ1) is 19.0. The molecule has 3 aromatic rings. The third kappa shape index (κ3) is 3.64. The van der Waals surface area contributed by atoms with Gasteiger partial charge < -0.3 is 4.74 Å². The highest BCUT2D eigenvalue weighted by molar-refractivity contribution is 7.92. The van der Waals surface area contributed by atoms with E-state index < -0.39 is 10.0 Å². The molecule has 0 saturated carbocycles. The Morgan fingerprint density at radius 2 is 1.96 bits per heavy atom. The van der Waals surface area contributed by atoms with Crippen LogP contribution < -0.4 is 9.04 Å². The summed E-state index contributed by atoms with van der Waals surface area (Å²) in [5, 5.41) is 3.11. The Bertz CT molecular complexity index is 1100. The number of anilines is 1. The number of ether oxygens (including phenoxy) is 1.